The van der Waals surface area contributed by atoms with Gasteiger partial charge in [0, 0.05) is 22.8 Å². The van der Waals surface area contributed by atoms with Crippen molar-refractivity contribution in [3.63, 3.8) is 0 Å². The number of aliphatic hydroxyl groups is 1. The summed E-state index contributed by atoms with van der Waals surface area (Å²) in [5, 5.41) is 24.4. The van der Waals surface area contributed by atoms with Gasteiger partial charge >= 0.3 is 6.09 Å². The van der Waals surface area contributed by atoms with Crippen LogP contribution in [0, 0.1) is 50.7 Å². The number of ketones is 2. The van der Waals surface area contributed by atoms with Gasteiger partial charge in [-0.05, 0) is 80.1 Å². The fraction of sp³-hybridized carbons (Fsp3) is 0.742. The molecule has 7 heteroatoms. The summed E-state index contributed by atoms with van der Waals surface area (Å²) in [5.41, 5.74) is -2.74. The predicted octanol–water partition coefficient (Wildman–Crippen LogP) is 5.04. The van der Waals surface area contributed by atoms with Crippen LogP contribution in [0.2, 0.25) is 0 Å². The highest BCUT2D eigenvalue weighted by Crippen LogP contribution is 2.72. The number of amides is 1. The minimum atomic E-state index is -1.67. The van der Waals surface area contributed by atoms with E-state index in [9.17, 15) is 24.8 Å². The number of carbonyl (C=O) groups excluding carboxylic acids is 3. The Kier molecular flexibility index (Phi) is 5.73. The molecule has 38 heavy (non-hydrogen) atoms. The molecule has 8 atom stereocenters. The van der Waals surface area contributed by atoms with E-state index in [1.54, 1.807) is 12.2 Å². The molecule has 5 rings (SSSR count). The van der Waals surface area contributed by atoms with E-state index in [4.69, 9.17) is 4.74 Å². The minimum Gasteiger partial charge on any atom is -0.453 e. The summed E-state index contributed by atoms with van der Waals surface area (Å²) < 4.78 is 5.03. The predicted molar refractivity (Wildman–Crippen MR) is 142 cm³/mol. The second-order valence-electron chi connectivity index (χ2n) is 14.5. The topological polar surface area (TPSA) is 116 Å². The van der Waals surface area contributed by atoms with Gasteiger partial charge in [0.25, 0.3) is 0 Å². The van der Waals surface area contributed by atoms with Gasteiger partial charge in [0.2, 0.25) is 5.78 Å². The first-order chi connectivity index (χ1) is 17.5. The standard InChI is InChI=1S/C31H42N2O5/c1-26(2)10-12-31(33-25(36)38-7)13-11-29(5)23(19(31)16-26)20(34)14-22-27(3)15-18(17-32)24(35)30(6,37)21(27)8-9-28(22,29)4/h14-15,19,21,23,37H,8-13,16H2,1-7H3,(H,33,36)/t19?,21?,23?,27-,28+,29+,30-,31-/m0/s1. The summed E-state index contributed by atoms with van der Waals surface area (Å²) in [7, 11) is 1.38. The zero-order chi connectivity index (χ0) is 28.1. The summed E-state index contributed by atoms with van der Waals surface area (Å²) in [6.07, 6.45) is 8.59. The fourth-order valence-electron chi connectivity index (χ4n) is 9.78. The zero-order valence-corrected chi connectivity index (χ0v) is 23.9. The Morgan fingerprint density at radius 2 is 1.74 bits per heavy atom. The van der Waals surface area contributed by atoms with Crippen molar-refractivity contribution in [3.8, 4) is 6.07 Å². The van der Waals surface area contributed by atoms with Crippen LogP contribution in [-0.4, -0.2) is 41.0 Å². The van der Waals surface area contributed by atoms with E-state index in [-0.39, 0.29) is 39.4 Å². The largest absolute Gasteiger partial charge is 0.453 e. The molecule has 0 aliphatic heterocycles. The van der Waals surface area contributed by atoms with Gasteiger partial charge < -0.3 is 15.2 Å². The quantitative estimate of drug-likeness (QED) is 0.498. The number of alkyl carbamates (subject to hydrolysis) is 1. The first-order valence-corrected chi connectivity index (χ1v) is 14.0. The van der Waals surface area contributed by atoms with Crippen LogP contribution in [0.5, 0.6) is 0 Å². The van der Waals surface area contributed by atoms with E-state index in [1.807, 2.05) is 13.0 Å². The van der Waals surface area contributed by atoms with Crippen molar-refractivity contribution in [1.29, 1.82) is 5.26 Å². The molecule has 0 radical (unpaired) electrons. The molecule has 3 unspecified atom stereocenters. The number of nitrogens with one attached hydrogen (secondary N) is 1. The number of hydrogen-bond acceptors (Lipinski definition) is 6. The molecule has 206 valence electrons. The van der Waals surface area contributed by atoms with Gasteiger partial charge in [0.15, 0.2) is 5.78 Å². The molecule has 0 aromatic carbocycles. The molecule has 2 N–H and O–H groups in total. The van der Waals surface area contributed by atoms with E-state index in [1.165, 1.54) is 14.0 Å². The third-order valence-corrected chi connectivity index (χ3v) is 12.1. The third kappa shape index (κ3) is 3.31. The molecule has 0 aromatic rings. The molecule has 5 aliphatic rings. The fourth-order valence-corrected chi connectivity index (χ4v) is 9.78. The molecular weight excluding hydrogens is 480 g/mol. The summed E-state index contributed by atoms with van der Waals surface area (Å²) in [5.74, 6) is -1.18. The molecule has 0 bridgehead atoms. The molecule has 0 aromatic heterocycles. The SMILES string of the molecule is COC(=O)N[C@]12CCC(C)(C)CC1C1C(=O)C=C3[C@@]4(C)C=C(C#N)C(=O)[C@@](C)(O)C4CC[C@@]3(C)[C@]1(C)CC2. The highest BCUT2D eigenvalue weighted by atomic mass is 16.5. The molecule has 0 heterocycles. The van der Waals surface area contributed by atoms with E-state index >= 15 is 0 Å². The normalized spacial score (nSPS) is 47.2. The summed E-state index contributed by atoms with van der Waals surface area (Å²) >= 11 is 0. The van der Waals surface area contributed by atoms with Crippen LogP contribution in [0.4, 0.5) is 4.79 Å². The van der Waals surface area contributed by atoms with E-state index in [2.05, 4.69) is 33.0 Å². The molecule has 3 fully saturated rings. The molecule has 0 spiro atoms. The van der Waals surface area contributed by atoms with E-state index in [0.29, 0.717) is 6.42 Å². The lowest BCUT2D eigenvalue weighted by molar-refractivity contribution is -0.166. The van der Waals surface area contributed by atoms with Crippen LogP contribution in [-0.2, 0) is 14.3 Å². The van der Waals surface area contributed by atoms with Crippen LogP contribution in [0.15, 0.2) is 23.3 Å². The molecular formula is C31H42N2O5. The van der Waals surface area contributed by atoms with E-state index < -0.39 is 34.3 Å². The third-order valence-electron chi connectivity index (χ3n) is 12.1. The van der Waals surface area contributed by atoms with Crippen molar-refractivity contribution >= 4 is 17.7 Å². The van der Waals surface area contributed by atoms with Crippen molar-refractivity contribution in [2.45, 2.75) is 97.6 Å². The number of Topliss-reactive ketones (excluding diaryl/α,β-unsaturated/α-hetero) is 1. The first kappa shape index (κ1) is 27.1. The number of carbonyl (C=O) groups is 3. The maximum Gasteiger partial charge on any atom is 0.407 e. The van der Waals surface area contributed by atoms with Gasteiger partial charge in [0.1, 0.15) is 11.7 Å². The average molecular weight is 523 g/mol. The summed E-state index contributed by atoms with van der Waals surface area (Å²) in [4.78, 5) is 39.9. The number of ether oxygens (including phenoxy) is 1. The lowest BCUT2D eigenvalue weighted by Gasteiger charge is -2.69. The number of nitriles is 1. The first-order valence-electron chi connectivity index (χ1n) is 14.0. The van der Waals surface area contributed by atoms with Crippen molar-refractivity contribution in [3.05, 3.63) is 23.3 Å². The number of fused-ring (bicyclic) bond motifs is 7. The lowest BCUT2D eigenvalue weighted by atomic mass is 9.35. The maximum absolute atomic E-state index is 14.4. The summed E-state index contributed by atoms with van der Waals surface area (Å²) in [6.45, 7) is 12.5. The van der Waals surface area contributed by atoms with Gasteiger partial charge in [-0.1, -0.05) is 46.3 Å². The Balaban J connectivity index is 1.68. The molecule has 5 aliphatic carbocycles. The van der Waals surface area contributed by atoms with Crippen molar-refractivity contribution in [2.24, 2.45) is 39.4 Å². The number of hydrogen-bond donors (Lipinski definition) is 2. The highest BCUT2D eigenvalue weighted by Gasteiger charge is 2.70. The van der Waals surface area contributed by atoms with Crippen LogP contribution in [0.1, 0.15) is 86.5 Å². The van der Waals surface area contributed by atoms with Gasteiger partial charge in [-0.15, -0.1) is 0 Å². The minimum absolute atomic E-state index is 0.0296. The lowest BCUT2D eigenvalue weighted by Crippen LogP contribution is -2.70. The maximum atomic E-state index is 14.4. The van der Waals surface area contributed by atoms with Gasteiger partial charge in [-0.2, -0.15) is 5.26 Å². The number of nitrogens with zero attached hydrogens (tertiary/aromatic N) is 1. The van der Waals surface area contributed by atoms with Gasteiger partial charge in [-0.25, -0.2) is 4.79 Å². The Bertz CT molecular complexity index is 1220. The Labute approximate surface area is 226 Å². The van der Waals surface area contributed by atoms with E-state index in [0.717, 1.165) is 44.1 Å². The molecule has 1 amide bonds. The van der Waals surface area contributed by atoms with Crippen molar-refractivity contribution in [2.75, 3.05) is 7.11 Å². The van der Waals surface area contributed by atoms with Gasteiger partial charge in [-0.3, -0.25) is 9.59 Å². The Hall–Kier alpha value is -2.46. The Morgan fingerprint density at radius 3 is 2.37 bits per heavy atom. The number of rotatable bonds is 1. The second-order valence-corrected chi connectivity index (χ2v) is 14.5. The molecule has 0 saturated heterocycles. The van der Waals surface area contributed by atoms with Crippen LogP contribution in [0.25, 0.3) is 0 Å². The smallest absolute Gasteiger partial charge is 0.407 e. The average Bonchev–Trinajstić information content (AvgIpc) is 2.83. The van der Waals surface area contributed by atoms with Crippen LogP contribution < -0.4 is 5.32 Å². The molecule has 3 saturated carbocycles. The highest BCUT2D eigenvalue weighted by molar-refractivity contribution is 6.06. The van der Waals surface area contributed by atoms with Crippen LogP contribution in [0.3, 0.4) is 0 Å². The monoisotopic (exact) mass is 522 g/mol. The van der Waals surface area contributed by atoms with Crippen LogP contribution >= 0.6 is 0 Å². The Morgan fingerprint density at radius 1 is 1.08 bits per heavy atom. The molecule has 7 nitrogen and oxygen atoms in total. The van der Waals surface area contributed by atoms with Gasteiger partial charge in [0.05, 0.1) is 12.7 Å². The zero-order valence-electron chi connectivity index (χ0n) is 23.9. The van der Waals surface area contributed by atoms with Crippen molar-refractivity contribution < 1.29 is 24.2 Å². The second kappa shape index (κ2) is 8.03. The number of methoxy groups -OCH3 is 1. The number of allylic oxidation sites excluding steroid dienone is 3. The van der Waals surface area contributed by atoms with Crippen molar-refractivity contribution in [1.82, 2.24) is 5.32 Å². The summed E-state index contributed by atoms with van der Waals surface area (Å²) in [6, 6.07) is 2.01.